The predicted molar refractivity (Wildman–Crippen MR) is 90.0 cm³/mol. The molecule has 126 valence electrons. The second-order valence-electron chi connectivity index (χ2n) is 5.74. The van der Waals surface area contributed by atoms with Crippen LogP contribution in [0.4, 0.5) is 5.95 Å². The molecule has 25 heavy (non-hydrogen) atoms. The zero-order chi connectivity index (χ0) is 17.4. The smallest absolute Gasteiger partial charge is 0.258 e. The third-order valence-corrected chi connectivity index (χ3v) is 3.72. The Bertz CT molecular complexity index is 1020. The summed E-state index contributed by atoms with van der Waals surface area (Å²) in [6.07, 6.45) is 4.53. The number of nitrogens with one attached hydrogen (secondary N) is 2. The molecular weight excluding hydrogens is 322 g/mol. The van der Waals surface area contributed by atoms with Crippen molar-refractivity contribution in [2.75, 3.05) is 5.32 Å². The fraction of sp³-hybridized carbons (Fsp3) is 0.188. The first kappa shape index (κ1) is 15.1. The Kier molecular flexibility index (Phi) is 3.53. The Balaban J connectivity index is 1.88. The third kappa shape index (κ3) is 2.65. The standard InChI is InChI=1S/C16H15N7O2/c1-9(2)23-14-11(7-19-23)10(15(24)21-16-17-8-18-22-16)6-12(20-14)13-4-3-5-25-13/h3-9H,1-2H3,(H2,17,18,21,22,24). The van der Waals surface area contributed by atoms with Crippen LogP contribution in [-0.2, 0) is 0 Å². The maximum absolute atomic E-state index is 12.7. The number of furan rings is 1. The molecule has 0 aliphatic carbocycles. The molecule has 1 amide bonds. The Labute approximate surface area is 142 Å². The second kappa shape index (κ2) is 5.86. The van der Waals surface area contributed by atoms with Crippen molar-refractivity contribution < 1.29 is 9.21 Å². The number of pyridine rings is 1. The first-order valence-corrected chi connectivity index (χ1v) is 7.72. The normalized spacial score (nSPS) is 11.3. The average molecular weight is 337 g/mol. The molecule has 4 aromatic heterocycles. The van der Waals surface area contributed by atoms with Gasteiger partial charge in [0.25, 0.3) is 5.91 Å². The molecule has 0 aromatic carbocycles. The molecular formula is C16H15N7O2. The van der Waals surface area contributed by atoms with Gasteiger partial charge in [0, 0.05) is 6.04 Å². The van der Waals surface area contributed by atoms with Crippen LogP contribution in [0.15, 0.2) is 41.4 Å². The molecule has 9 heteroatoms. The number of carbonyl (C=O) groups is 1. The molecule has 4 rings (SSSR count). The summed E-state index contributed by atoms with van der Waals surface area (Å²) < 4.78 is 7.20. The summed E-state index contributed by atoms with van der Waals surface area (Å²) in [5.74, 6) is 0.512. The fourth-order valence-corrected chi connectivity index (χ4v) is 2.57. The van der Waals surface area contributed by atoms with Gasteiger partial charge in [-0.3, -0.25) is 10.1 Å². The second-order valence-corrected chi connectivity index (χ2v) is 5.74. The van der Waals surface area contributed by atoms with Crippen molar-refractivity contribution in [1.29, 1.82) is 0 Å². The molecule has 0 aliphatic rings. The molecule has 0 saturated carbocycles. The molecule has 0 spiro atoms. The molecule has 0 aliphatic heterocycles. The molecule has 0 bridgehead atoms. The van der Waals surface area contributed by atoms with E-state index >= 15 is 0 Å². The van der Waals surface area contributed by atoms with Gasteiger partial charge in [0.1, 0.15) is 12.0 Å². The van der Waals surface area contributed by atoms with Gasteiger partial charge in [0.15, 0.2) is 11.4 Å². The van der Waals surface area contributed by atoms with Gasteiger partial charge in [-0.05, 0) is 32.0 Å². The number of rotatable bonds is 4. The number of H-pyrrole nitrogens is 1. The fourth-order valence-electron chi connectivity index (χ4n) is 2.57. The number of anilines is 1. The number of hydrogen-bond acceptors (Lipinski definition) is 6. The molecule has 4 aromatic rings. The van der Waals surface area contributed by atoms with Crippen molar-refractivity contribution in [3.63, 3.8) is 0 Å². The molecule has 0 radical (unpaired) electrons. The lowest BCUT2D eigenvalue weighted by molar-refractivity contribution is 0.102. The molecule has 9 nitrogen and oxygen atoms in total. The van der Waals surface area contributed by atoms with Gasteiger partial charge in [-0.25, -0.2) is 14.8 Å². The van der Waals surface area contributed by atoms with Crippen LogP contribution < -0.4 is 5.32 Å². The highest BCUT2D eigenvalue weighted by Gasteiger charge is 2.20. The van der Waals surface area contributed by atoms with E-state index in [1.165, 1.54) is 6.33 Å². The Morgan fingerprint density at radius 3 is 2.96 bits per heavy atom. The summed E-state index contributed by atoms with van der Waals surface area (Å²) in [5, 5.41) is 14.0. The minimum absolute atomic E-state index is 0.0991. The number of hydrogen-bond donors (Lipinski definition) is 2. The highest BCUT2D eigenvalue weighted by molar-refractivity contribution is 6.12. The molecule has 0 atom stereocenters. The Hall–Kier alpha value is -3.49. The minimum Gasteiger partial charge on any atom is -0.463 e. The van der Waals surface area contributed by atoms with Crippen molar-refractivity contribution in [3.8, 4) is 11.5 Å². The summed E-state index contributed by atoms with van der Waals surface area (Å²) in [4.78, 5) is 21.3. The van der Waals surface area contributed by atoms with E-state index in [0.29, 0.717) is 28.1 Å². The van der Waals surface area contributed by atoms with Gasteiger partial charge < -0.3 is 4.42 Å². The van der Waals surface area contributed by atoms with E-state index in [0.717, 1.165) is 0 Å². The number of nitrogens with zero attached hydrogens (tertiary/aromatic N) is 5. The molecule has 4 heterocycles. The van der Waals surface area contributed by atoms with E-state index in [-0.39, 0.29) is 17.9 Å². The van der Waals surface area contributed by atoms with Gasteiger partial charge in [0.05, 0.1) is 23.4 Å². The Morgan fingerprint density at radius 1 is 1.40 bits per heavy atom. The molecule has 2 N–H and O–H groups in total. The van der Waals surface area contributed by atoms with Crippen LogP contribution in [0.3, 0.4) is 0 Å². The monoisotopic (exact) mass is 337 g/mol. The number of aromatic nitrogens is 6. The lowest BCUT2D eigenvalue weighted by Crippen LogP contribution is -2.14. The topological polar surface area (TPSA) is 115 Å². The first-order valence-electron chi connectivity index (χ1n) is 7.72. The van der Waals surface area contributed by atoms with Crippen molar-refractivity contribution in [1.82, 2.24) is 29.9 Å². The highest BCUT2D eigenvalue weighted by Crippen LogP contribution is 2.27. The SMILES string of the molecule is CC(C)n1ncc2c(C(=O)Nc3ncn[nH]3)cc(-c3ccco3)nc21. The third-order valence-electron chi connectivity index (χ3n) is 3.72. The van der Waals surface area contributed by atoms with Crippen molar-refractivity contribution in [2.24, 2.45) is 0 Å². The maximum atomic E-state index is 12.7. The number of carbonyl (C=O) groups excluding carboxylic acids is 1. The van der Waals surface area contributed by atoms with Gasteiger partial charge in [-0.2, -0.15) is 15.2 Å². The first-order chi connectivity index (χ1) is 12.1. The quantitative estimate of drug-likeness (QED) is 0.591. The summed E-state index contributed by atoms with van der Waals surface area (Å²) in [6.45, 7) is 4.00. The zero-order valence-electron chi connectivity index (χ0n) is 13.6. The van der Waals surface area contributed by atoms with E-state index < -0.39 is 0 Å². The zero-order valence-corrected chi connectivity index (χ0v) is 13.6. The lowest BCUT2D eigenvalue weighted by Gasteiger charge is -2.09. The van der Waals surface area contributed by atoms with Crippen LogP contribution in [0.5, 0.6) is 0 Å². The van der Waals surface area contributed by atoms with Gasteiger partial charge >= 0.3 is 0 Å². The number of fused-ring (bicyclic) bond motifs is 1. The summed E-state index contributed by atoms with van der Waals surface area (Å²) in [7, 11) is 0. The maximum Gasteiger partial charge on any atom is 0.258 e. The molecule has 0 saturated heterocycles. The predicted octanol–water partition coefficient (Wildman–Crippen LogP) is 2.64. The van der Waals surface area contributed by atoms with Gasteiger partial charge in [0.2, 0.25) is 5.95 Å². The Morgan fingerprint density at radius 2 is 2.28 bits per heavy atom. The number of aromatic amines is 1. The average Bonchev–Trinajstić information content (AvgIpc) is 3.34. The van der Waals surface area contributed by atoms with Gasteiger partial charge in [-0.1, -0.05) is 0 Å². The highest BCUT2D eigenvalue weighted by atomic mass is 16.3. The van der Waals surface area contributed by atoms with Crippen LogP contribution >= 0.6 is 0 Å². The van der Waals surface area contributed by atoms with Crippen LogP contribution in [0.2, 0.25) is 0 Å². The number of amides is 1. The van der Waals surface area contributed by atoms with Crippen molar-refractivity contribution >= 4 is 22.9 Å². The van der Waals surface area contributed by atoms with E-state index in [1.54, 1.807) is 35.3 Å². The molecule has 0 unspecified atom stereocenters. The van der Waals surface area contributed by atoms with Crippen LogP contribution in [0.1, 0.15) is 30.2 Å². The van der Waals surface area contributed by atoms with E-state index in [4.69, 9.17) is 4.42 Å². The summed E-state index contributed by atoms with van der Waals surface area (Å²) in [6, 6.07) is 5.35. The van der Waals surface area contributed by atoms with Crippen molar-refractivity contribution in [3.05, 3.63) is 42.5 Å². The molecule has 0 fully saturated rings. The van der Waals surface area contributed by atoms with Gasteiger partial charge in [-0.15, -0.1) is 0 Å². The van der Waals surface area contributed by atoms with E-state index in [9.17, 15) is 4.79 Å². The lowest BCUT2D eigenvalue weighted by atomic mass is 10.1. The van der Waals surface area contributed by atoms with Crippen LogP contribution in [-0.4, -0.2) is 35.9 Å². The van der Waals surface area contributed by atoms with Crippen LogP contribution in [0.25, 0.3) is 22.5 Å². The largest absolute Gasteiger partial charge is 0.463 e. The van der Waals surface area contributed by atoms with E-state index in [2.05, 4.69) is 30.6 Å². The van der Waals surface area contributed by atoms with Crippen molar-refractivity contribution in [2.45, 2.75) is 19.9 Å². The van der Waals surface area contributed by atoms with Crippen LogP contribution in [0, 0.1) is 0 Å². The summed E-state index contributed by atoms with van der Waals surface area (Å²) >= 11 is 0. The van der Waals surface area contributed by atoms with E-state index in [1.807, 2.05) is 13.8 Å². The minimum atomic E-state index is -0.333. The summed E-state index contributed by atoms with van der Waals surface area (Å²) in [5.41, 5.74) is 1.61.